The van der Waals surface area contributed by atoms with Gasteiger partial charge in [-0.1, -0.05) is 131 Å². The van der Waals surface area contributed by atoms with Gasteiger partial charge in [0.15, 0.2) is 0 Å². The van der Waals surface area contributed by atoms with Crippen molar-refractivity contribution in [3.8, 4) is 41.8 Å². The smallest absolute Gasteiger partial charge is 0.309 e. The maximum atomic E-state index is 14.5. The highest BCUT2D eigenvalue weighted by atomic mass is 32.2. The van der Waals surface area contributed by atoms with E-state index >= 15 is 0 Å². The van der Waals surface area contributed by atoms with E-state index in [0.29, 0.717) is 24.0 Å². The SMILES string of the molecule is CCCCCCc1cc(-c2c3c(c(-c4cc(CCCCCC)c(-c5ccc(C(F)(F)F)c(CC(C)CCCC)c5)s4)c4nsnc24)NSN3)sc1-c1ccc(C(F)(F)F)c(CC(C)CCCC)c1. The van der Waals surface area contributed by atoms with Gasteiger partial charge >= 0.3 is 12.4 Å². The van der Waals surface area contributed by atoms with Crippen LogP contribution in [0.15, 0.2) is 48.5 Å². The summed E-state index contributed by atoms with van der Waals surface area (Å²) in [6, 6.07) is 13.9. The minimum absolute atomic E-state index is 0.120. The fourth-order valence-electron chi connectivity index (χ4n) is 9.68. The molecule has 14 heteroatoms. The average molecular weight is 1010 g/mol. The van der Waals surface area contributed by atoms with Crippen LogP contribution in [-0.2, 0) is 38.0 Å². The van der Waals surface area contributed by atoms with Gasteiger partial charge in [-0.15, -0.1) is 22.7 Å². The number of alkyl halides is 6. The molecule has 2 unspecified atom stereocenters. The molecule has 0 aliphatic carbocycles. The number of hydrogen-bond acceptors (Lipinski definition) is 8. The second-order valence-electron chi connectivity index (χ2n) is 19.0. The summed E-state index contributed by atoms with van der Waals surface area (Å²) in [6.45, 7) is 12.7. The molecule has 2 atom stereocenters. The number of hydrogen-bond donors (Lipinski definition) is 2. The van der Waals surface area contributed by atoms with Gasteiger partial charge < -0.3 is 9.44 Å². The number of anilines is 2. The minimum atomic E-state index is -4.45. The molecule has 0 saturated heterocycles. The fourth-order valence-corrected chi connectivity index (χ4v) is 13.4. The number of nitrogens with zero attached hydrogens (tertiary/aromatic N) is 2. The largest absolute Gasteiger partial charge is 0.416 e. The summed E-state index contributed by atoms with van der Waals surface area (Å²) < 4.78 is 104. The molecule has 1 aliphatic heterocycles. The Kier molecular flexibility index (Phi) is 18.1. The lowest BCUT2D eigenvalue weighted by molar-refractivity contribution is -0.139. The normalized spacial score (nSPS) is 13.8. The Balaban J connectivity index is 1.35. The summed E-state index contributed by atoms with van der Waals surface area (Å²) in [5, 5.41) is 0. The van der Waals surface area contributed by atoms with Crippen LogP contribution >= 0.6 is 46.5 Å². The van der Waals surface area contributed by atoms with Crippen molar-refractivity contribution in [1.29, 1.82) is 0 Å². The predicted molar refractivity (Wildman–Crippen MR) is 280 cm³/mol. The summed E-state index contributed by atoms with van der Waals surface area (Å²) in [5.41, 5.74) is 8.42. The van der Waals surface area contributed by atoms with Crippen LogP contribution in [-0.4, -0.2) is 8.75 Å². The van der Waals surface area contributed by atoms with E-state index in [1.165, 1.54) is 24.3 Å². The maximum Gasteiger partial charge on any atom is 0.416 e. The Hall–Kier alpha value is -3.59. The Morgan fingerprint density at radius 2 is 0.926 bits per heavy atom. The van der Waals surface area contributed by atoms with Crippen LogP contribution in [0, 0.1) is 11.8 Å². The van der Waals surface area contributed by atoms with E-state index in [0.717, 1.165) is 190 Å². The summed E-state index contributed by atoms with van der Waals surface area (Å²) in [5.74, 6) is 0.240. The number of unbranched alkanes of at least 4 members (excludes halogenated alkanes) is 8. The molecule has 4 nitrogen and oxygen atoms in total. The van der Waals surface area contributed by atoms with E-state index in [1.54, 1.807) is 46.9 Å². The first-order valence-electron chi connectivity index (χ1n) is 24.8. The second-order valence-corrected chi connectivity index (χ2v) is 22.2. The van der Waals surface area contributed by atoms with Crippen molar-refractivity contribution < 1.29 is 26.3 Å². The third-order valence-electron chi connectivity index (χ3n) is 13.3. The van der Waals surface area contributed by atoms with Crippen molar-refractivity contribution >= 4 is 68.9 Å². The Morgan fingerprint density at radius 1 is 0.515 bits per heavy atom. The van der Waals surface area contributed by atoms with E-state index in [1.807, 2.05) is 13.8 Å². The third-order valence-corrected chi connectivity index (χ3v) is 16.9. The van der Waals surface area contributed by atoms with Crippen LogP contribution in [0.3, 0.4) is 0 Å². The molecule has 2 N–H and O–H groups in total. The van der Waals surface area contributed by atoms with Gasteiger partial charge in [-0.3, -0.25) is 0 Å². The van der Waals surface area contributed by atoms with Crippen LogP contribution in [0.2, 0.25) is 0 Å². The number of aromatic nitrogens is 2. The van der Waals surface area contributed by atoms with Gasteiger partial charge in [0.05, 0.1) is 46.4 Å². The molecule has 0 bridgehead atoms. The molecular weight excluding hydrogens is 947 g/mol. The van der Waals surface area contributed by atoms with Gasteiger partial charge in [-0.05, 0) is 120 Å². The highest BCUT2D eigenvalue weighted by Gasteiger charge is 2.36. The maximum absolute atomic E-state index is 14.5. The fraction of sp³-hybridized carbons (Fsp3) is 0.519. The van der Waals surface area contributed by atoms with Crippen LogP contribution in [0.4, 0.5) is 37.7 Å². The zero-order valence-corrected chi connectivity index (χ0v) is 43.6. The van der Waals surface area contributed by atoms with Crippen molar-refractivity contribution in [2.45, 2.75) is 169 Å². The summed E-state index contributed by atoms with van der Waals surface area (Å²) in [6.07, 6.45) is 7.65. The zero-order chi connectivity index (χ0) is 48.6. The number of halogens is 6. The summed E-state index contributed by atoms with van der Waals surface area (Å²) in [7, 11) is 0. The molecule has 3 aromatic carbocycles. The first kappa shape index (κ1) is 52.2. The average Bonchev–Trinajstić information content (AvgIpc) is 4.14. The standard InChI is InChI=1S/C54H66F6N4S4/c1-7-11-15-17-21-35-31-43(65-51(35)37-23-25-41(53(55,56)57)39(29-37)27-33(5)19-13-9-3)45-47-49(63-67-61-47)46(50-48(45)62-68-64-50)44-32-36(22-18-16-12-8-2)52(66-44)38-24-26-42(54(58,59)60)40(30-38)28-34(6)20-14-10-4/h23-26,29-34,61,63H,7-22,27-28H2,1-6H3. The van der Waals surface area contributed by atoms with E-state index < -0.39 is 23.5 Å². The van der Waals surface area contributed by atoms with Crippen LogP contribution in [0.25, 0.3) is 52.8 Å². The number of fused-ring (bicyclic) bond motifs is 2. The topological polar surface area (TPSA) is 49.8 Å². The van der Waals surface area contributed by atoms with E-state index in [-0.39, 0.29) is 11.8 Å². The quantitative estimate of drug-likeness (QED) is 0.0359. The Labute approximate surface area is 416 Å². The molecule has 0 fully saturated rings. The number of rotatable bonds is 24. The molecule has 3 aromatic heterocycles. The van der Waals surface area contributed by atoms with Crippen LogP contribution in [0.1, 0.15) is 165 Å². The monoisotopic (exact) mass is 1010 g/mol. The lowest BCUT2D eigenvalue weighted by Gasteiger charge is -2.18. The molecule has 0 saturated carbocycles. The van der Waals surface area contributed by atoms with Gasteiger partial charge in [0.25, 0.3) is 0 Å². The van der Waals surface area contributed by atoms with Crippen molar-refractivity contribution in [3.63, 3.8) is 0 Å². The number of benzene rings is 3. The Bertz CT molecular complexity index is 2430. The lowest BCUT2D eigenvalue weighted by Crippen LogP contribution is -2.12. The van der Waals surface area contributed by atoms with Gasteiger partial charge in [0.1, 0.15) is 11.0 Å². The van der Waals surface area contributed by atoms with Crippen LogP contribution < -0.4 is 9.44 Å². The molecule has 0 amide bonds. The van der Waals surface area contributed by atoms with Crippen molar-refractivity contribution in [2.75, 3.05) is 9.44 Å². The molecule has 7 rings (SSSR count). The number of nitrogens with one attached hydrogen (secondary N) is 2. The first-order chi connectivity index (χ1) is 32.7. The highest BCUT2D eigenvalue weighted by Crippen LogP contribution is 2.56. The molecular formula is C54H66F6N4S4. The van der Waals surface area contributed by atoms with E-state index in [2.05, 4.69) is 49.3 Å². The number of aryl methyl sites for hydroxylation is 2. The van der Waals surface area contributed by atoms with Crippen molar-refractivity contribution in [3.05, 3.63) is 81.9 Å². The summed E-state index contributed by atoms with van der Waals surface area (Å²) in [4.78, 5) is 3.89. The van der Waals surface area contributed by atoms with Gasteiger partial charge in [0, 0.05) is 30.6 Å². The number of thiophene rings is 2. The molecule has 68 heavy (non-hydrogen) atoms. The van der Waals surface area contributed by atoms with Crippen molar-refractivity contribution in [2.24, 2.45) is 11.8 Å². The van der Waals surface area contributed by atoms with Crippen LogP contribution in [0.5, 0.6) is 0 Å². The molecule has 0 spiro atoms. The second kappa shape index (κ2) is 23.5. The lowest BCUT2D eigenvalue weighted by atomic mass is 9.91. The minimum Gasteiger partial charge on any atom is -0.309 e. The molecule has 1 aliphatic rings. The first-order valence-corrected chi connectivity index (χ1v) is 28.0. The third kappa shape index (κ3) is 12.3. The molecule has 6 aromatic rings. The van der Waals surface area contributed by atoms with Gasteiger partial charge in [-0.2, -0.15) is 35.1 Å². The molecule has 368 valence electrons. The molecule has 0 radical (unpaired) electrons. The molecule has 4 heterocycles. The zero-order valence-electron chi connectivity index (χ0n) is 40.3. The van der Waals surface area contributed by atoms with Gasteiger partial charge in [-0.25, -0.2) is 0 Å². The van der Waals surface area contributed by atoms with Crippen molar-refractivity contribution in [1.82, 2.24) is 8.75 Å². The Morgan fingerprint density at radius 3 is 1.31 bits per heavy atom. The summed E-state index contributed by atoms with van der Waals surface area (Å²) >= 11 is 5.71. The van der Waals surface area contributed by atoms with E-state index in [9.17, 15) is 26.3 Å². The predicted octanol–water partition coefficient (Wildman–Crippen LogP) is 19.9. The van der Waals surface area contributed by atoms with E-state index in [4.69, 9.17) is 8.75 Å². The highest BCUT2D eigenvalue weighted by molar-refractivity contribution is 8.02. The van der Waals surface area contributed by atoms with Gasteiger partial charge in [0.2, 0.25) is 0 Å².